The smallest absolute Gasteiger partial charge is 0.191 e. The third kappa shape index (κ3) is 3.74. The monoisotopic (exact) mass is 381 g/mol. The number of halogens is 1. The van der Waals surface area contributed by atoms with Crippen molar-refractivity contribution in [2.75, 3.05) is 20.2 Å². The van der Waals surface area contributed by atoms with Crippen molar-refractivity contribution in [1.29, 1.82) is 0 Å². The summed E-state index contributed by atoms with van der Waals surface area (Å²) in [5, 5.41) is 0. The Hall–Kier alpha value is -0.0400. The minimum atomic E-state index is 0. The second-order valence-corrected chi connectivity index (χ2v) is 6.19. The molecule has 2 atom stereocenters. The molecule has 112 valence electrons. The van der Waals surface area contributed by atoms with Crippen LogP contribution >= 0.6 is 24.0 Å². The zero-order valence-electron chi connectivity index (χ0n) is 12.4. The molecule has 0 aromatic carbocycles. The second kappa shape index (κ2) is 7.11. The second-order valence-electron chi connectivity index (χ2n) is 6.19. The molecule has 0 spiro atoms. The summed E-state index contributed by atoms with van der Waals surface area (Å²) >= 11 is 0. The molecule has 0 aromatic heterocycles. The lowest BCUT2D eigenvalue weighted by molar-refractivity contribution is -0.0853. The number of methoxy groups -OCH3 is 1. The summed E-state index contributed by atoms with van der Waals surface area (Å²) < 4.78 is 5.46. The van der Waals surface area contributed by atoms with E-state index in [0.29, 0.717) is 12.1 Å². The highest BCUT2D eigenvalue weighted by Gasteiger charge is 2.48. The molecule has 2 aliphatic rings. The van der Waals surface area contributed by atoms with Crippen molar-refractivity contribution in [2.24, 2.45) is 16.1 Å². The van der Waals surface area contributed by atoms with Gasteiger partial charge in [0, 0.05) is 25.6 Å². The number of nitrogens with two attached hydrogens (primary N) is 1. The number of ether oxygens (including phenoxy) is 1. The van der Waals surface area contributed by atoms with E-state index >= 15 is 0 Å². The normalized spacial score (nSPS) is 31.1. The van der Waals surface area contributed by atoms with Crippen LogP contribution in [0.4, 0.5) is 0 Å². The molecule has 2 rings (SSSR count). The van der Waals surface area contributed by atoms with Crippen molar-refractivity contribution < 1.29 is 4.74 Å². The molecule has 1 saturated heterocycles. The zero-order chi connectivity index (χ0) is 13.2. The van der Waals surface area contributed by atoms with Gasteiger partial charge >= 0.3 is 0 Å². The summed E-state index contributed by atoms with van der Waals surface area (Å²) in [5.74, 6) is 0.740. The SMILES string of the molecule is COC1CC(N=C(N)N2CCCCCC2)C1(C)C.I. The number of likely N-dealkylation sites (tertiary alicyclic amines) is 1. The Morgan fingerprint density at radius 3 is 2.26 bits per heavy atom. The highest BCUT2D eigenvalue weighted by atomic mass is 127. The number of hydrogen-bond acceptors (Lipinski definition) is 2. The van der Waals surface area contributed by atoms with Crippen LogP contribution in [0, 0.1) is 5.41 Å². The molecule has 1 aliphatic carbocycles. The van der Waals surface area contributed by atoms with Crippen molar-refractivity contribution in [2.45, 2.75) is 58.1 Å². The average Bonchev–Trinajstić information content (AvgIpc) is 2.62. The standard InChI is InChI=1S/C14H27N3O.HI/c1-14(2)11(10-12(14)18-3)16-13(15)17-8-6-4-5-7-9-17;/h11-12H,4-10H2,1-3H3,(H2,15,16);1H. The van der Waals surface area contributed by atoms with E-state index in [0.717, 1.165) is 25.5 Å². The van der Waals surface area contributed by atoms with Crippen LogP contribution in [-0.4, -0.2) is 43.2 Å². The molecule has 1 saturated carbocycles. The van der Waals surface area contributed by atoms with Crippen LogP contribution in [0.3, 0.4) is 0 Å². The molecule has 5 heteroatoms. The van der Waals surface area contributed by atoms with Crippen LogP contribution in [0.1, 0.15) is 46.0 Å². The van der Waals surface area contributed by atoms with Crippen LogP contribution in [0.5, 0.6) is 0 Å². The Balaban J connectivity index is 0.00000180. The summed E-state index contributed by atoms with van der Waals surface area (Å²) in [5.41, 5.74) is 6.29. The summed E-state index contributed by atoms with van der Waals surface area (Å²) in [6.07, 6.45) is 6.45. The van der Waals surface area contributed by atoms with Gasteiger partial charge < -0.3 is 15.4 Å². The predicted molar refractivity (Wildman–Crippen MR) is 90.1 cm³/mol. The molecular weight excluding hydrogens is 353 g/mol. The van der Waals surface area contributed by atoms with Crippen molar-refractivity contribution in [1.82, 2.24) is 4.90 Å². The van der Waals surface area contributed by atoms with E-state index in [-0.39, 0.29) is 29.4 Å². The lowest BCUT2D eigenvalue weighted by atomic mass is 9.65. The van der Waals surface area contributed by atoms with E-state index in [1.807, 2.05) is 0 Å². The molecule has 19 heavy (non-hydrogen) atoms. The van der Waals surface area contributed by atoms with Crippen LogP contribution < -0.4 is 5.73 Å². The molecular formula is C14H28IN3O. The quantitative estimate of drug-likeness (QED) is 0.455. The van der Waals surface area contributed by atoms with Gasteiger partial charge in [-0.05, 0) is 19.3 Å². The summed E-state index contributed by atoms with van der Waals surface area (Å²) in [6, 6.07) is 0.311. The third-order valence-electron chi connectivity index (χ3n) is 4.63. The number of hydrogen-bond donors (Lipinski definition) is 1. The number of aliphatic imine (C=N–C) groups is 1. The number of nitrogens with zero attached hydrogens (tertiary/aromatic N) is 2. The van der Waals surface area contributed by atoms with Crippen molar-refractivity contribution >= 4 is 29.9 Å². The first-order valence-corrected chi connectivity index (χ1v) is 7.16. The first kappa shape index (κ1) is 17.0. The van der Waals surface area contributed by atoms with Gasteiger partial charge in [-0.1, -0.05) is 26.7 Å². The van der Waals surface area contributed by atoms with Crippen molar-refractivity contribution in [3.63, 3.8) is 0 Å². The van der Waals surface area contributed by atoms with E-state index in [4.69, 9.17) is 15.5 Å². The molecule has 2 unspecified atom stereocenters. The van der Waals surface area contributed by atoms with E-state index in [1.54, 1.807) is 7.11 Å². The fraction of sp³-hybridized carbons (Fsp3) is 0.929. The molecule has 0 amide bonds. The van der Waals surface area contributed by atoms with Gasteiger partial charge in [0.25, 0.3) is 0 Å². The molecule has 0 bridgehead atoms. The summed E-state index contributed by atoms with van der Waals surface area (Å²) in [7, 11) is 1.78. The molecule has 0 aromatic rings. The largest absolute Gasteiger partial charge is 0.381 e. The predicted octanol–water partition coefficient (Wildman–Crippen LogP) is 2.61. The molecule has 4 nitrogen and oxygen atoms in total. The number of rotatable bonds is 2. The van der Waals surface area contributed by atoms with E-state index in [2.05, 4.69) is 18.7 Å². The first-order valence-electron chi connectivity index (χ1n) is 7.16. The lowest BCUT2D eigenvalue weighted by Crippen LogP contribution is -2.54. The van der Waals surface area contributed by atoms with E-state index < -0.39 is 0 Å². The maximum absolute atomic E-state index is 6.17. The minimum Gasteiger partial charge on any atom is -0.381 e. The van der Waals surface area contributed by atoms with Crippen LogP contribution in [-0.2, 0) is 4.74 Å². The van der Waals surface area contributed by atoms with Gasteiger partial charge in [0.05, 0.1) is 12.1 Å². The third-order valence-corrected chi connectivity index (χ3v) is 4.63. The lowest BCUT2D eigenvalue weighted by Gasteiger charge is -2.49. The number of guanidine groups is 1. The molecule has 0 radical (unpaired) electrons. The Labute approximate surface area is 134 Å². The van der Waals surface area contributed by atoms with Gasteiger partial charge in [-0.2, -0.15) is 0 Å². The van der Waals surface area contributed by atoms with Crippen LogP contribution in [0.2, 0.25) is 0 Å². The minimum absolute atomic E-state index is 0. The van der Waals surface area contributed by atoms with Crippen LogP contribution in [0.25, 0.3) is 0 Å². The van der Waals surface area contributed by atoms with E-state index in [1.165, 1.54) is 25.7 Å². The van der Waals surface area contributed by atoms with Gasteiger partial charge in [-0.15, -0.1) is 24.0 Å². The van der Waals surface area contributed by atoms with Crippen molar-refractivity contribution in [3.05, 3.63) is 0 Å². The molecule has 2 fully saturated rings. The average molecular weight is 381 g/mol. The van der Waals surface area contributed by atoms with Crippen LogP contribution in [0.15, 0.2) is 4.99 Å². The fourth-order valence-corrected chi connectivity index (χ4v) is 3.02. The van der Waals surface area contributed by atoms with Gasteiger partial charge in [0.1, 0.15) is 0 Å². The maximum atomic E-state index is 6.17. The molecule has 1 heterocycles. The Morgan fingerprint density at radius 2 is 1.79 bits per heavy atom. The highest BCUT2D eigenvalue weighted by Crippen LogP contribution is 2.44. The van der Waals surface area contributed by atoms with Gasteiger partial charge in [0.15, 0.2) is 5.96 Å². The Bertz CT molecular complexity index is 312. The summed E-state index contributed by atoms with van der Waals surface area (Å²) in [6.45, 7) is 6.56. The maximum Gasteiger partial charge on any atom is 0.191 e. The highest BCUT2D eigenvalue weighted by molar-refractivity contribution is 14.0. The first-order chi connectivity index (χ1) is 8.55. The van der Waals surface area contributed by atoms with Gasteiger partial charge in [-0.25, -0.2) is 4.99 Å². The topological polar surface area (TPSA) is 50.9 Å². The van der Waals surface area contributed by atoms with E-state index in [9.17, 15) is 0 Å². The zero-order valence-corrected chi connectivity index (χ0v) is 14.7. The molecule has 1 aliphatic heterocycles. The Morgan fingerprint density at radius 1 is 1.21 bits per heavy atom. The Kier molecular flexibility index (Phi) is 6.36. The van der Waals surface area contributed by atoms with Crippen molar-refractivity contribution in [3.8, 4) is 0 Å². The van der Waals surface area contributed by atoms with Gasteiger partial charge in [0.2, 0.25) is 0 Å². The summed E-state index contributed by atoms with van der Waals surface area (Å²) in [4.78, 5) is 6.99. The fourth-order valence-electron chi connectivity index (χ4n) is 3.02. The van der Waals surface area contributed by atoms with Gasteiger partial charge in [-0.3, -0.25) is 0 Å². The molecule has 2 N–H and O–H groups in total.